The number of halogens is 5. The van der Waals surface area contributed by atoms with E-state index in [0.29, 0.717) is 16.4 Å². The fourth-order valence-corrected chi connectivity index (χ4v) is 3.79. The van der Waals surface area contributed by atoms with Gasteiger partial charge in [-0.1, -0.05) is 0 Å². The van der Waals surface area contributed by atoms with Gasteiger partial charge in [0.05, 0.1) is 10.5 Å². The van der Waals surface area contributed by atoms with Crippen LogP contribution in [-0.4, -0.2) is 36.8 Å². The number of hydrogen-bond donors (Lipinski definition) is 1. The first-order valence-electron chi connectivity index (χ1n) is 6.22. The Balaban J connectivity index is 2.43. The van der Waals surface area contributed by atoms with Crippen LogP contribution in [0.1, 0.15) is 18.4 Å². The predicted octanol–water partition coefficient (Wildman–Crippen LogP) is 2.83. The van der Waals surface area contributed by atoms with E-state index in [0.717, 1.165) is 6.07 Å². The highest BCUT2D eigenvalue weighted by atomic mass is 32.2. The second kappa shape index (κ2) is 5.34. The van der Waals surface area contributed by atoms with Crippen molar-refractivity contribution in [2.75, 3.05) is 13.1 Å². The van der Waals surface area contributed by atoms with Crippen LogP contribution in [0.4, 0.5) is 22.0 Å². The molecular formula is C12H12F5NO3S. The van der Waals surface area contributed by atoms with Crippen molar-refractivity contribution in [2.45, 2.75) is 29.8 Å². The first-order valence-corrected chi connectivity index (χ1v) is 7.66. The van der Waals surface area contributed by atoms with Crippen LogP contribution in [0.25, 0.3) is 0 Å². The summed E-state index contributed by atoms with van der Waals surface area (Å²) in [6.07, 6.45) is -6.49. The summed E-state index contributed by atoms with van der Waals surface area (Å²) < 4.78 is 90.1. The zero-order chi connectivity index (χ0) is 16.8. The number of benzene rings is 1. The van der Waals surface area contributed by atoms with Crippen molar-refractivity contribution in [3.63, 3.8) is 0 Å². The van der Waals surface area contributed by atoms with Crippen LogP contribution in [0.3, 0.4) is 0 Å². The minimum absolute atomic E-state index is 0.297. The van der Waals surface area contributed by atoms with E-state index in [1.165, 1.54) is 0 Å². The van der Waals surface area contributed by atoms with Crippen LogP contribution in [0, 0.1) is 0 Å². The molecule has 0 aromatic heterocycles. The van der Waals surface area contributed by atoms with Gasteiger partial charge in [-0.25, -0.2) is 17.2 Å². The number of rotatable bonds is 2. The topological polar surface area (TPSA) is 57.6 Å². The van der Waals surface area contributed by atoms with E-state index >= 15 is 0 Å². The molecule has 1 N–H and O–H groups in total. The monoisotopic (exact) mass is 345 g/mol. The van der Waals surface area contributed by atoms with Crippen LogP contribution in [0.5, 0.6) is 5.75 Å². The fraction of sp³-hybridized carbons (Fsp3) is 0.500. The molecule has 1 aliphatic heterocycles. The summed E-state index contributed by atoms with van der Waals surface area (Å²) >= 11 is 0. The van der Waals surface area contributed by atoms with E-state index in [1.807, 2.05) is 0 Å². The standard InChI is InChI=1S/C12H12F5NO3S/c13-11(14)3-5-18(6-4-11)22(20,21)10-2-1-8(19)7-9(10)12(15,16)17/h1-2,7,19H,3-6H2. The molecule has 0 radical (unpaired) electrons. The lowest BCUT2D eigenvalue weighted by molar-refractivity contribution is -0.140. The average molecular weight is 345 g/mol. The van der Waals surface area contributed by atoms with Gasteiger partial charge in [-0.05, 0) is 18.2 Å². The molecule has 1 aromatic carbocycles. The number of phenols is 1. The molecule has 2 rings (SSSR count). The first kappa shape index (κ1) is 16.9. The van der Waals surface area contributed by atoms with E-state index < -0.39 is 64.3 Å². The Kier molecular flexibility index (Phi) is 4.11. The Labute approximate surface area is 123 Å². The average Bonchev–Trinajstić information content (AvgIpc) is 2.36. The van der Waals surface area contributed by atoms with Crippen molar-refractivity contribution >= 4 is 10.0 Å². The van der Waals surface area contributed by atoms with Crippen molar-refractivity contribution in [3.05, 3.63) is 23.8 Å². The van der Waals surface area contributed by atoms with Crippen molar-refractivity contribution in [2.24, 2.45) is 0 Å². The van der Waals surface area contributed by atoms with Gasteiger partial charge in [0.2, 0.25) is 10.0 Å². The van der Waals surface area contributed by atoms with Gasteiger partial charge in [-0.3, -0.25) is 0 Å². The number of alkyl halides is 5. The quantitative estimate of drug-likeness (QED) is 0.839. The molecule has 10 heteroatoms. The molecule has 1 aliphatic rings. The molecule has 4 nitrogen and oxygen atoms in total. The number of aromatic hydroxyl groups is 1. The molecule has 0 aliphatic carbocycles. The number of piperidine rings is 1. The second-order valence-electron chi connectivity index (χ2n) is 4.94. The highest BCUT2D eigenvalue weighted by Crippen LogP contribution is 2.38. The van der Waals surface area contributed by atoms with E-state index in [4.69, 9.17) is 5.11 Å². The van der Waals surface area contributed by atoms with Gasteiger partial charge >= 0.3 is 6.18 Å². The summed E-state index contributed by atoms with van der Waals surface area (Å²) in [5.41, 5.74) is -1.52. The van der Waals surface area contributed by atoms with Gasteiger partial charge in [-0.2, -0.15) is 17.5 Å². The number of phenolic OH excluding ortho intramolecular Hbond substituents is 1. The largest absolute Gasteiger partial charge is 0.508 e. The molecule has 0 amide bonds. The van der Waals surface area contributed by atoms with E-state index in [1.54, 1.807) is 0 Å². The Hall–Kier alpha value is -1.42. The molecule has 1 aromatic rings. The van der Waals surface area contributed by atoms with Crippen molar-refractivity contribution in [3.8, 4) is 5.75 Å². The molecule has 124 valence electrons. The third-order valence-electron chi connectivity index (χ3n) is 3.34. The predicted molar refractivity (Wildman–Crippen MR) is 66.0 cm³/mol. The molecule has 0 saturated carbocycles. The molecule has 1 saturated heterocycles. The smallest absolute Gasteiger partial charge is 0.417 e. The first-order chi connectivity index (χ1) is 9.93. The lowest BCUT2D eigenvalue weighted by Gasteiger charge is -2.31. The molecule has 0 bridgehead atoms. The summed E-state index contributed by atoms with van der Waals surface area (Å²) in [4.78, 5) is -1.05. The normalized spacial score (nSPS) is 20.0. The maximum atomic E-state index is 13.1. The van der Waals surface area contributed by atoms with Crippen LogP contribution in [0.15, 0.2) is 23.1 Å². The molecule has 0 atom stereocenters. The Bertz CT molecular complexity index is 662. The highest BCUT2D eigenvalue weighted by molar-refractivity contribution is 7.89. The maximum Gasteiger partial charge on any atom is 0.417 e. The molecular weight excluding hydrogens is 333 g/mol. The van der Waals surface area contributed by atoms with Crippen LogP contribution >= 0.6 is 0 Å². The summed E-state index contributed by atoms with van der Waals surface area (Å²) in [5.74, 6) is -3.76. The van der Waals surface area contributed by atoms with Gasteiger partial charge in [0, 0.05) is 25.9 Å². The number of nitrogens with zero attached hydrogens (tertiary/aromatic N) is 1. The second-order valence-corrected chi connectivity index (χ2v) is 6.84. The van der Waals surface area contributed by atoms with E-state index in [-0.39, 0.29) is 0 Å². The molecule has 1 heterocycles. The summed E-state index contributed by atoms with van der Waals surface area (Å²) in [5, 5.41) is 9.14. The maximum absolute atomic E-state index is 13.1. The van der Waals surface area contributed by atoms with Crippen LogP contribution < -0.4 is 0 Å². The van der Waals surface area contributed by atoms with Gasteiger partial charge in [0.25, 0.3) is 5.92 Å². The zero-order valence-electron chi connectivity index (χ0n) is 11.1. The molecule has 22 heavy (non-hydrogen) atoms. The van der Waals surface area contributed by atoms with Crippen molar-refractivity contribution in [1.29, 1.82) is 0 Å². The third-order valence-corrected chi connectivity index (χ3v) is 5.30. The summed E-state index contributed by atoms with van der Waals surface area (Å²) in [6, 6.07) is 1.73. The lowest BCUT2D eigenvalue weighted by atomic mass is 10.1. The SMILES string of the molecule is O=S(=O)(c1ccc(O)cc1C(F)(F)F)N1CCC(F)(F)CC1. The third kappa shape index (κ3) is 3.32. The van der Waals surface area contributed by atoms with Crippen molar-refractivity contribution < 1.29 is 35.5 Å². The number of hydrogen-bond acceptors (Lipinski definition) is 3. The zero-order valence-corrected chi connectivity index (χ0v) is 11.9. The van der Waals surface area contributed by atoms with E-state index in [2.05, 4.69) is 0 Å². The van der Waals surface area contributed by atoms with Crippen molar-refractivity contribution in [1.82, 2.24) is 4.31 Å². The van der Waals surface area contributed by atoms with Crippen LogP contribution in [0.2, 0.25) is 0 Å². The summed E-state index contributed by atoms with van der Waals surface area (Å²) in [6.45, 7) is -1.12. The molecule has 0 unspecified atom stereocenters. The fourth-order valence-electron chi connectivity index (χ4n) is 2.16. The van der Waals surface area contributed by atoms with Gasteiger partial charge in [-0.15, -0.1) is 0 Å². The molecule has 1 fully saturated rings. The minimum atomic E-state index is -5.00. The van der Waals surface area contributed by atoms with Gasteiger partial charge in [0.15, 0.2) is 0 Å². The van der Waals surface area contributed by atoms with Gasteiger partial charge in [0.1, 0.15) is 5.75 Å². The Morgan fingerprint density at radius 1 is 1.14 bits per heavy atom. The Morgan fingerprint density at radius 3 is 2.18 bits per heavy atom. The highest BCUT2D eigenvalue weighted by Gasteiger charge is 2.42. The van der Waals surface area contributed by atoms with Crippen LogP contribution in [-0.2, 0) is 16.2 Å². The number of sulfonamides is 1. The minimum Gasteiger partial charge on any atom is -0.508 e. The van der Waals surface area contributed by atoms with E-state index in [9.17, 15) is 30.4 Å². The summed E-state index contributed by atoms with van der Waals surface area (Å²) in [7, 11) is -4.57. The molecule has 0 spiro atoms. The Morgan fingerprint density at radius 2 is 1.68 bits per heavy atom. The lowest BCUT2D eigenvalue weighted by Crippen LogP contribution is -2.43. The van der Waals surface area contributed by atoms with Gasteiger partial charge < -0.3 is 5.11 Å².